The van der Waals surface area contributed by atoms with Crippen molar-refractivity contribution in [3.05, 3.63) is 23.2 Å². The van der Waals surface area contributed by atoms with E-state index in [1.54, 1.807) is 0 Å². The molecule has 0 atom stereocenters. The molecule has 0 bridgehead atoms. The summed E-state index contributed by atoms with van der Waals surface area (Å²) in [5.74, 6) is 0. The lowest BCUT2D eigenvalue weighted by molar-refractivity contribution is 0.600. The fourth-order valence-corrected chi connectivity index (χ4v) is 4.30. The van der Waals surface area contributed by atoms with Gasteiger partial charge in [-0.3, -0.25) is 4.72 Å². The van der Waals surface area contributed by atoms with Crippen LogP contribution in [0.2, 0.25) is 5.02 Å². The molecule has 0 amide bonds. The second-order valence-corrected chi connectivity index (χ2v) is 8.83. The van der Waals surface area contributed by atoms with Gasteiger partial charge in [0, 0.05) is 10.7 Å². The summed E-state index contributed by atoms with van der Waals surface area (Å²) in [5, 5.41) is -0.492. The highest BCUT2D eigenvalue weighted by Gasteiger charge is 2.35. The van der Waals surface area contributed by atoms with Gasteiger partial charge in [0.15, 0.2) is 0 Å². The molecule has 0 unspecified atom stereocenters. The summed E-state index contributed by atoms with van der Waals surface area (Å²) in [6, 6.07) is 3.69. The number of benzene rings is 1. The minimum Gasteiger partial charge on any atom is -0.283 e. The molecule has 1 fully saturated rings. The second-order valence-electron chi connectivity index (χ2n) is 3.93. The monoisotopic (exact) mass is 329 g/mol. The van der Waals surface area contributed by atoms with Crippen LogP contribution in [0.1, 0.15) is 12.8 Å². The van der Waals surface area contributed by atoms with Crippen LogP contribution in [0.5, 0.6) is 0 Å². The van der Waals surface area contributed by atoms with Gasteiger partial charge in [-0.05, 0) is 31.0 Å². The fraction of sp³-hybridized carbons (Fsp3) is 0.333. The lowest BCUT2D eigenvalue weighted by atomic mass is 10.3. The van der Waals surface area contributed by atoms with Gasteiger partial charge in [0.25, 0.3) is 9.05 Å². The van der Waals surface area contributed by atoms with Crippen molar-refractivity contribution in [1.82, 2.24) is 0 Å². The van der Waals surface area contributed by atoms with Crippen LogP contribution in [-0.4, -0.2) is 22.1 Å². The van der Waals surface area contributed by atoms with Gasteiger partial charge in [0.1, 0.15) is 4.90 Å². The Morgan fingerprint density at radius 1 is 1.17 bits per heavy atom. The van der Waals surface area contributed by atoms with E-state index in [2.05, 4.69) is 4.72 Å². The smallest absolute Gasteiger partial charge is 0.262 e. The lowest BCUT2D eigenvalue weighted by Crippen LogP contribution is -2.17. The molecule has 1 saturated carbocycles. The first-order valence-electron chi connectivity index (χ1n) is 4.96. The number of sulfonamides is 1. The van der Waals surface area contributed by atoms with E-state index < -0.39 is 19.1 Å². The zero-order valence-corrected chi connectivity index (χ0v) is 12.1. The SMILES string of the molecule is O=S(=O)(Cl)c1ccc(NS(=O)(=O)C2CC2)cc1Cl. The Balaban J connectivity index is 2.30. The first-order valence-corrected chi connectivity index (χ1v) is 9.19. The number of halogens is 2. The van der Waals surface area contributed by atoms with Crippen LogP contribution >= 0.6 is 22.3 Å². The zero-order valence-electron chi connectivity index (χ0n) is 8.93. The van der Waals surface area contributed by atoms with Crippen molar-refractivity contribution in [2.45, 2.75) is 23.0 Å². The highest BCUT2D eigenvalue weighted by atomic mass is 35.7. The average molecular weight is 330 g/mol. The predicted molar refractivity (Wildman–Crippen MR) is 70.1 cm³/mol. The first-order chi connectivity index (χ1) is 8.20. The molecule has 0 radical (unpaired) electrons. The van der Waals surface area contributed by atoms with Crippen LogP contribution in [0.4, 0.5) is 5.69 Å². The molecule has 0 spiro atoms. The van der Waals surface area contributed by atoms with E-state index in [4.69, 9.17) is 22.3 Å². The highest BCUT2D eigenvalue weighted by Crippen LogP contribution is 2.32. The van der Waals surface area contributed by atoms with Gasteiger partial charge in [0.05, 0.1) is 16.0 Å². The van der Waals surface area contributed by atoms with E-state index in [9.17, 15) is 16.8 Å². The fourth-order valence-electron chi connectivity index (χ4n) is 1.39. The summed E-state index contributed by atoms with van der Waals surface area (Å²) in [6.45, 7) is 0. The number of hydrogen-bond donors (Lipinski definition) is 1. The van der Waals surface area contributed by atoms with E-state index in [0.717, 1.165) is 6.07 Å². The second kappa shape index (κ2) is 4.56. The molecule has 1 aliphatic carbocycles. The largest absolute Gasteiger partial charge is 0.283 e. The van der Waals surface area contributed by atoms with Crippen molar-refractivity contribution in [3.63, 3.8) is 0 Å². The third-order valence-corrected chi connectivity index (χ3v) is 6.09. The van der Waals surface area contributed by atoms with Crippen molar-refractivity contribution in [2.24, 2.45) is 0 Å². The number of hydrogen-bond acceptors (Lipinski definition) is 4. The van der Waals surface area contributed by atoms with Crippen LogP contribution < -0.4 is 4.72 Å². The molecule has 0 heterocycles. The van der Waals surface area contributed by atoms with E-state index in [1.165, 1.54) is 12.1 Å². The molecule has 0 aliphatic heterocycles. The van der Waals surface area contributed by atoms with Gasteiger partial charge in [-0.1, -0.05) is 11.6 Å². The van der Waals surface area contributed by atoms with Crippen molar-refractivity contribution in [2.75, 3.05) is 4.72 Å². The minimum atomic E-state index is -3.93. The Labute approximate surface area is 115 Å². The maximum atomic E-state index is 11.7. The normalized spacial score (nSPS) is 16.6. The standard InChI is InChI=1S/C9H9Cl2NO4S2/c10-8-5-6(1-4-9(8)17(11,13)14)12-18(15,16)7-2-3-7/h1,4-5,7,12H,2-3H2. The third kappa shape index (κ3) is 3.09. The zero-order chi connectivity index (χ0) is 13.6. The molecule has 100 valence electrons. The summed E-state index contributed by atoms with van der Waals surface area (Å²) >= 11 is 5.74. The molecule has 2 rings (SSSR count). The topological polar surface area (TPSA) is 80.3 Å². The van der Waals surface area contributed by atoms with Gasteiger partial charge in [-0.25, -0.2) is 16.8 Å². The van der Waals surface area contributed by atoms with Crippen LogP contribution in [0, 0.1) is 0 Å². The van der Waals surface area contributed by atoms with E-state index in [1.807, 2.05) is 0 Å². The van der Waals surface area contributed by atoms with Gasteiger partial charge in [-0.2, -0.15) is 0 Å². The molecule has 18 heavy (non-hydrogen) atoms. The summed E-state index contributed by atoms with van der Waals surface area (Å²) in [7, 11) is -2.17. The lowest BCUT2D eigenvalue weighted by Gasteiger charge is -2.08. The van der Waals surface area contributed by atoms with Crippen LogP contribution in [0.15, 0.2) is 23.1 Å². The Bertz CT molecular complexity index is 681. The Morgan fingerprint density at radius 2 is 1.78 bits per heavy atom. The Kier molecular flexibility index (Phi) is 3.52. The maximum absolute atomic E-state index is 11.7. The van der Waals surface area contributed by atoms with E-state index in [-0.39, 0.29) is 20.9 Å². The molecule has 0 saturated heterocycles. The number of anilines is 1. The molecule has 1 aromatic carbocycles. The summed E-state index contributed by atoms with van der Waals surface area (Å²) < 4.78 is 47.9. The summed E-state index contributed by atoms with van der Waals surface area (Å²) in [6.07, 6.45) is 1.27. The minimum absolute atomic E-state index is 0.124. The number of nitrogens with one attached hydrogen (secondary N) is 1. The average Bonchev–Trinajstić information content (AvgIpc) is 2.97. The summed E-state index contributed by atoms with van der Waals surface area (Å²) in [4.78, 5) is -0.250. The molecule has 5 nitrogen and oxygen atoms in total. The third-order valence-electron chi connectivity index (χ3n) is 2.42. The predicted octanol–water partition coefficient (Wildman–Crippen LogP) is 2.17. The maximum Gasteiger partial charge on any atom is 0.262 e. The van der Waals surface area contributed by atoms with Crippen LogP contribution in [0.25, 0.3) is 0 Å². The quantitative estimate of drug-likeness (QED) is 0.858. The van der Waals surface area contributed by atoms with Crippen molar-refractivity contribution in [1.29, 1.82) is 0 Å². The van der Waals surface area contributed by atoms with Gasteiger partial charge in [-0.15, -0.1) is 0 Å². The van der Waals surface area contributed by atoms with E-state index >= 15 is 0 Å². The first kappa shape index (κ1) is 13.9. The summed E-state index contributed by atoms with van der Waals surface area (Å²) in [5.41, 5.74) is 0.218. The molecule has 1 aromatic rings. The Morgan fingerprint density at radius 3 is 2.22 bits per heavy atom. The van der Waals surface area contributed by atoms with Gasteiger partial charge < -0.3 is 0 Å². The molecular weight excluding hydrogens is 321 g/mol. The van der Waals surface area contributed by atoms with Gasteiger partial charge >= 0.3 is 0 Å². The van der Waals surface area contributed by atoms with Crippen molar-refractivity contribution < 1.29 is 16.8 Å². The molecule has 1 aliphatic rings. The molecule has 1 N–H and O–H groups in total. The molecular formula is C9H9Cl2NO4S2. The molecule has 9 heteroatoms. The van der Waals surface area contributed by atoms with Gasteiger partial charge in [0.2, 0.25) is 10.0 Å². The van der Waals surface area contributed by atoms with Crippen LogP contribution in [-0.2, 0) is 19.1 Å². The van der Waals surface area contributed by atoms with E-state index in [0.29, 0.717) is 12.8 Å². The van der Waals surface area contributed by atoms with Crippen molar-refractivity contribution in [3.8, 4) is 0 Å². The highest BCUT2D eigenvalue weighted by molar-refractivity contribution is 8.13. The van der Waals surface area contributed by atoms with Crippen molar-refractivity contribution >= 4 is 47.0 Å². The Hall–Kier alpha value is -0.500. The molecule has 0 aromatic heterocycles. The van der Waals surface area contributed by atoms with Crippen LogP contribution in [0.3, 0.4) is 0 Å². The number of rotatable bonds is 4.